The van der Waals surface area contributed by atoms with Crippen molar-refractivity contribution < 1.29 is 9.53 Å². The molecule has 6 nitrogen and oxygen atoms in total. The molecular formula is C21H22N4O2. The summed E-state index contributed by atoms with van der Waals surface area (Å²) in [5.74, 6) is 0.856. The van der Waals surface area contributed by atoms with Gasteiger partial charge in [0.25, 0.3) is 5.91 Å². The number of nitrogens with zero attached hydrogens (tertiary/aromatic N) is 2. The Morgan fingerprint density at radius 3 is 2.44 bits per heavy atom. The molecule has 1 aromatic heterocycles. The van der Waals surface area contributed by atoms with Crippen molar-refractivity contribution in [2.75, 3.05) is 17.2 Å². The van der Waals surface area contributed by atoms with Crippen molar-refractivity contribution in [1.82, 2.24) is 9.97 Å². The molecule has 2 aromatic carbocycles. The topological polar surface area (TPSA) is 76.1 Å². The van der Waals surface area contributed by atoms with Crippen LogP contribution < -0.4 is 15.4 Å². The number of hydrogen-bond acceptors (Lipinski definition) is 5. The van der Waals surface area contributed by atoms with E-state index in [4.69, 9.17) is 4.74 Å². The zero-order valence-electron chi connectivity index (χ0n) is 15.4. The zero-order chi connectivity index (χ0) is 19.1. The highest BCUT2D eigenvalue weighted by Crippen LogP contribution is 2.24. The smallest absolute Gasteiger partial charge is 0.275 e. The highest BCUT2D eigenvalue weighted by Gasteiger charge is 2.11. The van der Waals surface area contributed by atoms with Crippen LogP contribution in [0, 0.1) is 0 Å². The normalized spacial score (nSPS) is 10.3. The van der Waals surface area contributed by atoms with Gasteiger partial charge in [0.05, 0.1) is 24.7 Å². The number of benzene rings is 2. The average molecular weight is 362 g/mol. The molecule has 3 aromatic rings. The standard InChI is InChI=1S/C21H22N4O2/c1-3-15-9-11-16(12-10-15)24-20-14-22-18(13-23-20)21(26)25-17-7-5-6-8-19(17)27-4-2/h5-14H,3-4H2,1-2H3,(H,23,24)(H,25,26). The molecular weight excluding hydrogens is 340 g/mol. The van der Waals surface area contributed by atoms with Crippen LogP contribution in [0.2, 0.25) is 0 Å². The molecule has 0 unspecified atom stereocenters. The van der Waals surface area contributed by atoms with E-state index in [9.17, 15) is 4.79 Å². The number of aryl methyl sites for hydroxylation is 1. The Morgan fingerprint density at radius 2 is 1.78 bits per heavy atom. The molecule has 3 rings (SSSR count). The second kappa shape index (κ2) is 8.80. The van der Waals surface area contributed by atoms with Gasteiger partial charge >= 0.3 is 0 Å². The molecule has 1 amide bonds. The van der Waals surface area contributed by atoms with Crippen LogP contribution in [0.5, 0.6) is 5.75 Å². The van der Waals surface area contributed by atoms with Gasteiger partial charge in [-0.25, -0.2) is 9.97 Å². The van der Waals surface area contributed by atoms with Gasteiger partial charge in [-0.05, 0) is 43.2 Å². The SMILES string of the molecule is CCOc1ccccc1NC(=O)c1cnc(Nc2ccc(CC)cc2)cn1. The number of anilines is 3. The van der Waals surface area contributed by atoms with Gasteiger partial charge in [0, 0.05) is 5.69 Å². The van der Waals surface area contributed by atoms with E-state index < -0.39 is 0 Å². The summed E-state index contributed by atoms with van der Waals surface area (Å²) in [6.07, 6.45) is 3.98. The second-order valence-corrected chi connectivity index (χ2v) is 5.85. The fraction of sp³-hybridized carbons (Fsp3) is 0.190. The maximum absolute atomic E-state index is 12.4. The molecule has 0 radical (unpaired) electrons. The van der Waals surface area contributed by atoms with Crippen LogP contribution >= 0.6 is 0 Å². The summed E-state index contributed by atoms with van der Waals surface area (Å²) >= 11 is 0. The third-order valence-electron chi connectivity index (χ3n) is 3.95. The number of hydrogen-bond donors (Lipinski definition) is 2. The summed E-state index contributed by atoms with van der Waals surface area (Å²) in [4.78, 5) is 20.9. The number of ether oxygens (including phenoxy) is 1. The maximum atomic E-state index is 12.4. The Bertz CT molecular complexity index is 893. The van der Waals surface area contributed by atoms with Gasteiger partial charge in [-0.2, -0.15) is 0 Å². The van der Waals surface area contributed by atoms with Crippen LogP contribution in [0.1, 0.15) is 29.9 Å². The molecule has 0 atom stereocenters. The molecule has 138 valence electrons. The van der Waals surface area contributed by atoms with Crippen LogP contribution in [-0.4, -0.2) is 22.5 Å². The highest BCUT2D eigenvalue weighted by atomic mass is 16.5. The summed E-state index contributed by atoms with van der Waals surface area (Å²) in [6.45, 7) is 4.53. The van der Waals surface area contributed by atoms with Crippen LogP contribution in [0.3, 0.4) is 0 Å². The fourth-order valence-corrected chi connectivity index (χ4v) is 2.52. The van der Waals surface area contributed by atoms with E-state index in [-0.39, 0.29) is 11.6 Å². The first-order chi connectivity index (χ1) is 13.2. The van der Waals surface area contributed by atoms with Crippen molar-refractivity contribution in [3.8, 4) is 5.75 Å². The highest BCUT2D eigenvalue weighted by molar-refractivity contribution is 6.03. The molecule has 0 saturated heterocycles. The monoisotopic (exact) mass is 362 g/mol. The van der Waals surface area contributed by atoms with E-state index in [2.05, 4.69) is 39.7 Å². The average Bonchev–Trinajstić information content (AvgIpc) is 2.71. The fourth-order valence-electron chi connectivity index (χ4n) is 2.52. The summed E-state index contributed by atoms with van der Waals surface area (Å²) in [6, 6.07) is 15.4. The largest absolute Gasteiger partial charge is 0.492 e. The molecule has 27 heavy (non-hydrogen) atoms. The molecule has 0 aliphatic carbocycles. The third kappa shape index (κ3) is 4.82. The minimum Gasteiger partial charge on any atom is -0.492 e. The van der Waals surface area contributed by atoms with E-state index in [0.29, 0.717) is 23.9 Å². The van der Waals surface area contributed by atoms with Gasteiger partial charge < -0.3 is 15.4 Å². The number of nitrogens with one attached hydrogen (secondary N) is 2. The molecule has 1 heterocycles. The Balaban J connectivity index is 1.66. The Labute approximate surface area is 158 Å². The lowest BCUT2D eigenvalue weighted by molar-refractivity contribution is 0.102. The molecule has 0 aliphatic rings. The van der Waals surface area contributed by atoms with Crippen molar-refractivity contribution in [2.45, 2.75) is 20.3 Å². The molecule has 0 bridgehead atoms. The Hall–Kier alpha value is -3.41. The molecule has 6 heteroatoms. The van der Waals surface area contributed by atoms with Crippen LogP contribution in [0.25, 0.3) is 0 Å². The predicted molar refractivity (Wildman–Crippen MR) is 107 cm³/mol. The van der Waals surface area contributed by atoms with E-state index in [1.54, 1.807) is 6.07 Å². The molecule has 0 saturated carbocycles. The number of carbonyl (C=O) groups excluding carboxylic acids is 1. The first-order valence-corrected chi connectivity index (χ1v) is 8.90. The predicted octanol–water partition coefficient (Wildman–Crippen LogP) is 4.43. The minimum absolute atomic E-state index is 0.230. The van der Waals surface area contributed by atoms with E-state index >= 15 is 0 Å². The Kier molecular flexibility index (Phi) is 5.99. The van der Waals surface area contributed by atoms with Crippen molar-refractivity contribution in [2.24, 2.45) is 0 Å². The molecule has 0 aliphatic heterocycles. The van der Waals surface area contributed by atoms with Crippen LogP contribution in [0.15, 0.2) is 60.9 Å². The molecule has 0 fully saturated rings. The quantitative estimate of drug-likeness (QED) is 0.650. The van der Waals surface area contributed by atoms with Gasteiger partial charge in [0.1, 0.15) is 17.3 Å². The van der Waals surface area contributed by atoms with Gasteiger partial charge in [0.15, 0.2) is 0 Å². The first-order valence-electron chi connectivity index (χ1n) is 8.90. The van der Waals surface area contributed by atoms with Gasteiger partial charge in [-0.15, -0.1) is 0 Å². The lowest BCUT2D eigenvalue weighted by Gasteiger charge is -2.11. The lowest BCUT2D eigenvalue weighted by atomic mass is 10.1. The number of para-hydroxylation sites is 2. The number of rotatable bonds is 7. The van der Waals surface area contributed by atoms with Crippen molar-refractivity contribution in [3.63, 3.8) is 0 Å². The van der Waals surface area contributed by atoms with Crippen molar-refractivity contribution >= 4 is 23.1 Å². The third-order valence-corrected chi connectivity index (χ3v) is 3.95. The van der Waals surface area contributed by atoms with Crippen molar-refractivity contribution in [3.05, 3.63) is 72.2 Å². The summed E-state index contributed by atoms with van der Waals surface area (Å²) in [7, 11) is 0. The minimum atomic E-state index is -0.339. The summed E-state index contributed by atoms with van der Waals surface area (Å²) in [5.41, 5.74) is 3.02. The van der Waals surface area contributed by atoms with E-state index in [0.717, 1.165) is 12.1 Å². The lowest BCUT2D eigenvalue weighted by Crippen LogP contribution is -2.15. The number of amides is 1. The second-order valence-electron chi connectivity index (χ2n) is 5.85. The van der Waals surface area contributed by atoms with Crippen LogP contribution in [0.4, 0.5) is 17.2 Å². The van der Waals surface area contributed by atoms with Gasteiger partial charge in [-0.1, -0.05) is 31.2 Å². The van der Waals surface area contributed by atoms with Gasteiger partial charge in [-0.3, -0.25) is 4.79 Å². The maximum Gasteiger partial charge on any atom is 0.275 e. The summed E-state index contributed by atoms with van der Waals surface area (Å²) < 4.78 is 5.51. The molecule has 0 spiro atoms. The van der Waals surface area contributed by atoms with Gasteiger partial charge in [0.2, 0.25) is 0 Å². The van der Waals surface area contributed by atoms with Crippen molar-refractivity contribution in [1.29, 1.82) is 0 Å². The van der Waals surface area contributed by atoms with E-state index in [1.807, 2.05) is 37.3 Å². The summed E-state index contributed by atoms with van der Waals surface area (Å²) in [5, 5.41) is 5.98. The van der Waals surface area contributed by atoms with Crippen LogP contribution in [-0.2, 0) is 6.42 Å². The first kappa shape index (κ1) is 18.4. The molecule has 2 N–H and O–H groups in total. The zero-order valence-corrected chi connectivity index (χ0v) is 15.4. The van der Waals surface area contributed by atoms with E-state index in [1.165, 1.54) is 18.0 Å². The Morgan fingerprint density at radius 1 is 1.00 bits per heavy atom. The number of aromatic nitrogens is 2. The number of carbonyl (C=O) groups is 1.